The van der Waals surface area contributed by atoms with Gasteiger partial charge in [0.2, 0.25) is 0 Å². The van der Waals surface area contributed by atoms with Crippen LogP contribution in [0.5, 0.6) is 0 Å². The first-order valence-electron chi connectivity index (χ1n) is 48.6. The van der Waals surface area contributed by atoms with Crippen molar-refractivity contribution in [1.29, 1.82) is 0 Å². The fraction of sp³-hybridized carbons (Fsp3) is 0.220. The number of aromatic nitrogens is 6. The van der Waals surface area contributed by atoms with E-state index in [-0.39, 0.29) is 0 Å². The fourth-order valence-corrected chi connectivity index (χ4v) is 21.0. The highest BCUT2D eigenvalue weighted by Gasteiger charge is 2.27. The number of nitrogens with zero attached hydrogens (tertiary/aromatic N) is 6. The highest BCUT2D eigenvalue weighted by atomic mass is 16.1. The lowest BCUT2D eigenvalue weighted by Gasteiger charge is -2.11. The van der Waals surface area contributed by atoms with Crippen molar-refractivity contribution in [2.45, 2.75) is 179 Å². The van der Waals surface area contributed by atoms with E-state index in [1.165, 1.54) is 16.7 Å². The minimum atomic E-state index is 0.563. The molecular formula is C123H114N6O6. The first-order chi connectivity index (χ1) is 66.2. The Morgan fingerprint density at radius 2 is 0.326 bits per heavy atom. The summed E-state index contributed by atoms with van der Waals surface area (Å²) in [5.41, 5.74) is 29.5. The molecule has 1 aliphatic rings. The summed E-state index contributed by atoms with van der Waals surface area (Å²) in [5.74, 6) is 0. The van der Waals surface area contributed by atoms with Gasteiger partial charge in [0.25, 0.3) is 0 Å². The van der Waals surface area contributed by atoms with Gasteiger partial charge in [0.05, 0.1) is 0 Å². The molecule has 135 heavy (non-hydrogen) atoms. The third kappa shape index (κ3) is 16.5. The number of carbonyl (C=O) groups excluding carboxylic acids is 6. The second-order valence-corrected chi connectivity index (χ2v) is 36.8. The second kappa shape index (κ2) is 38.7. The SMILES string of the molecule is CCCCn1c2ccc3cc2c2cc(ccc21)-c1cc2c4cc(c(C=O)cc4n(CCCC)c2cc1C=O)-c1ccc2c(c1)c1cc(ccc1n2CCCC)-c1cc2c4cc(c(C=O)cc4n(CCCC)c2cc1C=O)-c1ccc2c(c1)c1cc(ccc1n2CCCC)-c1cc2c4cc-3c(C=O)cc4n(CCCC)c2cc1C=O.Cc1ccccc1.Cc1ccccc1.Cc1ccccc1. The summed E-state index contributed by atoms with van der Waals surface area (Å²) in [7, 11) is 0. The summed E-state index contributed by atoms with van der Waals surface area (Å²) in [6.45, 7) is 23.9. The van der Waals surface area contributed by atoms with Gasteiger partial charge in [-0.25, -0.2) is 0 Å². The highest BCUT2D eigenvalue weighted by Crippen LogP contribution is 2.48. The van der Waals surface area contributed by atoms with Crippen LogP contribution in [0.15, 0.2) is 273 Å². The van der Waals surface area contributed by atoms with Crippen molar-refractivity contribution >= 4 is 169 Å². The fourth-order valence-electron chi connectivity index (χ4n) is 21.0. The molecule has 15 aromatic carbocycles. The van der Waals surface area contributed by atoms with Crippen LogP contribution in [0.3, 0.4) is 0 Å². The standard InChI is InChI=1S/C102H90N6O6.3C7H8/c1-7-13-31-103-91-25-19-61-37-79(91)80-38-62(20-26-92(80)103)74-50-86-88-52-76(70(58-112)46-100(88)107(35-17-11-5)98(86)44-68(74)56-110)64-22-28-94-82(40-64)84-42-66(24-30-96(84)105(94)33-15-9-3)78-54-90-89-53-77(71(59-113)47-101(89)108(36-18-12-6)102(90)48-72(78)60-114)65-23-29-95-83(41-65)81-39-63(21-27-93(81)104(95)32-14-8-2)75-51-87-85-49-73(61)67(55-109)43-97(85)106(34-16-10-4)99(87)45-69(75)57-111;3*1-7-5-3-2-4-6-7/h19-30,37-60H,7-18,31-36H2,1-6H3;3*2-6H,1H3. The molecule has 1 aliphatic carbocycles. The topological polar surface area (TPSA) is 132 Å². The van der Waals surface area contributed by atoms with Crippen LogP contribution in [-0.4, -0.2) is 65.1 Å². The van der Waals surface area contributed by atoms with E-state index in [0.717, 1.165) is 332 Å². The van der Waals surface area contributed by atoms with Crippen molar-refractivity contribution < 1.29 is 28.8 Å². The molecule has 0 saturated carbocycles. The predicted octanol–water partition coefficient (Wildman–Crippen LogP) is 32.3. The molecule has 24 bridgehead atoms. The van der Waals surface area contributed by atoms with Crippen molar-refractivity contribution in [2.75, 3.05) is 0 Å². The Balaban J connectivity index is 0.000000493. The monoisotopic (exact) mass is 1770 g/mol. The minimum Gasteiger partial charge on any atom is -0.340 e. The lowest BCUT2D eigenvalue weighted by Crippen LogP contribution is -1.99. The van der Waals surface area contributed by atoms with Gasteiger partial charge in [-0.3, -0.25) is 28.8 Å². The summed E-state index contributed by atoms with van der Waals surface area (Å²) in [6.07, 6.45) is 17.3. The molecule has 12 nitrogen and oxygen atoms in total. The predicted molar refractivity (Wildman–Crippen MR) is 566 cm³/mol. The molecular weight excluding hydrogens is 1660 g/mol. The minimum absolute atomic E-state index is 0.563. The molecule has 0 unspecified atom stereocenters. The van der Waals surface area contributed by atoms with Crippen molar-refractivity contribution in [1.82, 2.24) is 27.4 Å². The molecule has 0 amide bonds. The first kappa shape index (κ1) is 89.3. The van der Waals surface area contributed by atoms with Gasteiger partial charge in [-0.1, -0.05) is 224 Å². The Hall–Kier alpha value is -14.9. The number of fused-ring (bicyclic) bond motifs is 18. The zero-order valence-corrected chi connectivity index (χ0v) is 78.8. The quantitative estimate of drug-likeness (QED) is 0.0554. The van der Waals surface area contributed by atoms with E-state index >= 15 is 0 Å². The number of carbonyl (C=O) groups is 6. The van der Waals surface area contributed by atoms with E-state index in [1.807, 2.05) is 91.0 Å². The van der Waals surface area contributed by atoms with Crippen LogP contribution in [0.1, 0.15) is 197 Å². The van der Waals surface area contributed by atoms with Gasteiger partial charge >= 0.3 is 0 Å². The molecule has 0 saturated heterocycles. The van der Waals surface area contributed by atoms with Gasteiger partial charge in [-0.2, -0.15) is 0 Å². The Morgan fingerprint density at radius 1 is 0.178 bits per heavy atom. The molecule has 0 aliphatic heterocycles. The van der Waals surface area contributed by atoms with Crippen LogP contribution in [0.25, 0.3) is 198 Å². The zero-order chi connectivity index (χ0) is 93.2. The second-order valence-electron chi connectivity index (χ2n) is 36.8. The van der Waals surface area contributed by atoms with Crippen LogP contribution in [0.2, 0.25) is 0 Å². The van der Waals surface area contributed by atoms with Crippen LogP contribution in [-0.2, 0) is 39.3 Å². The van der Waals surface area contributed by atoms with Crippen LogP contribution < -0.4 is 0 Å². The Labute approximate surface area is 788 Å². The molecule has 0 radical (unpaired) electrons. The average molecular weight is 1770 g/mol. The number of hydrogen-bond acceptors (Lipinski definition) is 6. The Morgan fingerprint density at radius 3 is 0.459 bits per heavy atom. The summed E-state index contributed by atoms with van der Waals surface area (Å²) in [4.78, 5) is 83.2. The number of benzene rings is 15. The van der Waals surface area contributed by atoms with Gasteiger partial charge in [0.15, 0.2) is 37.7 Å². The molecule has 0 atom stereocenters. The summed E-state index contributed by atoms with van der Waals surface area (Å²) < 4.78 is 14.1. The van der Waals surface area contributed by atoms with E-state index in [0.29, 0.717) is 53.0 Å². The average Bonchev–Trinajstić information content (AvgIpc) is 1.58. The maximum Gasteiger partial charge on any atom is 0.150 e. The van der Waals surface area contributed by atoms with Crippen LogP contribution in [0, 0.1) is 20.8 Å². The molecule has 6 heterocycles. The smallest absolute Gasteiger partial charge is 0.150 e. The molecule has 672 valence electrons. The number of aldehydes is 6. The highest BCUT2D eigenvalue weighted by molar-refractivity contribution is 6.21. The normalized spacial score (nSPS) is 11.7. The third-order valence-electron chi connectivity index (χ3n) is 28.1. The molecule has 6 aromatic heterocycles. The van der Waals surface area contributed by atoms with Gasteiger partial charge < -0.3 is 27.4 Å². The van der Waals surface area contributed by atoms with Crippen molar-refractivity contribution in [2.24, 2.45) is 0 Å². The summed E-state index contributed by atoms with van der Waals surface area (Å²) in [5, 5.41) is 12.1. The van der Waals surface area contributed by atoms with E-state index in [4.69, 9.17) is 0 Å². The molecule has 0 N–H and O–H groups in total. The number of rotatable bonds is 24. The van der Waals surface area contributed by atoms with Crippen LogP contribution >= 0.6 is 0 Å². The van der Waals surface area contributed by atoms with Crippen molar-refractivity contribution in [3.63, 3.8) is 0 Å². The maximum atomic E-state index is 13.9. The molecule has 12 heteroatoms. The van der Waals surface area contributed by atoms with Gasteiger partial charge in [-0.15, -0.1) is 0 Å². The van der Waals surface area contributed by atoms with E-state index in [2.05, 4.69) is 272 Å². The van der Waals surface area contributed by atoms with Crippen molar-refractivity contribution in [3.05, 3.63) is 323 Å². The lowest BCUT2D eigenvalue weighted by atomic mass is 9.93. The Bertz CT molecular complexity index is 7070. The van der Waals surface area contributed by atoms with Crippen molar-refractivity contribution in [3.8, 4) is 66.8 Å². The van der Waals surface area contributed by atoms with Gasteiger partial charge in [0.1, 0.15) is 0 Å². The van der Waals surface area contributed by atoms with E-state index < -0.39 is 0 Å². The van der Waals surface area contributed by atoms with Crippen LogP contribution in [0.4, 0.5) is 0 Å². The molecule has 0 spiro atoms. The zero-order valence-electron chi connectivity index (χ0n) is 78.8. The van der Waals surface area contributed by atoms with Gasteiger partial charge in [-0.05, 0) is 272 Å². The molecule has 22 rings (SSSR count). The summed E-state index contributed by atoms with van der Waals surface area (Å²) >= 11 is 0. The number of hydrogen-bond donors (Lipinski definition) is 0. The maximum absolute atomic E-state index is 13.9. The molecule has 21 aromatic rings. The Kier molecular flexibility index (Phi) is 25.6. The summed E-state index contributed by atoms with van der Waals surface area (Å²) in [6, 6.07) is 95.9. The molecule has 0 fully saturated rings. The first-order valence-corrected chi connectivity index (χ1v) is 48.6. The number of aryl methyl sites for hydroxylation is 9. The number of unbranched alkanes of at least 4 members (excludes halogenated alkanes) is 6. The third-order valence-corrected chi connectivity index (χ3v) is 28.1. The van der Waals surface area contributed by atoms with Gasteiger partial charge in [0, 0.05) is 203 Å². The lowest BCUT2D eigenvalue weighted by molar-refractivity contribution is 0.111. The van der Waals surface area contributed by atoms with E-state index in [1.54, 1.807) is 0 Å². The largest absolute Gasteiger partial charge is 0.340 e. The van der Waals surface area contributed by atoms with E-state index in [9.17, 15) is 28.8 Å².